The topological polar surface area (TPSA) is 137 Å². The van der Waals surface area contributed by atoms with Gasteiger partial charge in [-0.15, -0.1) is 0 Å². The molecule has 214 valence electrons. The van der Waals surface area contributed by atoms with E-state index in [9.17, 15) is 19.6 Å². The van der Waals surface area contributed by atoms with Gasteiger partial charge in [-0.2, -0.15) is 10.4 Å². The van der Waals surface area contributed by atoms with Gasteiger partial charge in [0.25, 0.3) is 5.91 Å². The van der Waals surface area contributed by atoms with Crippen molar-refractivity contribution >= 4 is 23.4 Å². The summed E-state index contributed by atoms with van der Waals surface area (Å²) in [6.45, 7) is 6.96. The van der Waals surface area contributed by atoms with E-state index in [1.165, 1.54) is 31.4 Å². The number of benzene rings is 2. The van der Waals surface area contributed by atoms with Gasteiger partial charge in [0, 0.05) is 16.7 Å². The molecule has 2 unspecified atom stereocenters. The number of carbonyl (C=O) groups is 2. The number of halogens is 1. The maximum atomic E-state index is 13.9. The van der Waals surface area contributed by atoms with Crippen LogP contribution in [0.15, 0.2) is 53.3 Å². The second kappa shape index (κ2) is 12.0. The van der Waals surface area contributed by atoms with Gasteiger partial charge in [0.15, 0.2) is 17.2 Å². The zero-order valence-corrected chi connectivity index (χ0v) is 24.3. The van der Waals surface area contributed by atoms with Gasteiger partial charge < -0.3 is 19.7 Å². The smallest absolute Gasteiger partial charge is 0.307 e. The van der Waals surface area contributed by atoms with Crippen LogP contribution in [0.5, 0.6) is 17.2 Å². The Balaban J connectivity index is 1.55. The third-order valence-electron chi connectivity index (χ3n) is 7.26. The number of amides is 2. The Bertz CT molecular complexity index is 1560. The molecule has 0 bridgehead atoms. The number of carbonyl (C=O) groups excluding carboxylic acids is 2. The van der Waals surface area contributed by atoms with E-state index < -0.39 is 22.9 Å². The van der Waals surface area contributed by atoms with Gasteiger partial charge in [0.05, 0.1) is 36.4 Å². The summed E-state index contributed by atoms with van der Waals surface area (Å²) in [5, 5.41) is 19.4. The number of hydrogen-bond donors (Lipinski definition) is 2. The summed E-state index contributed by atoms with van der Waals surface area (Å²) < 4.78 is 11.1. The van der Waals surface area contributed by atoms with E-state index >= 15 is 0 Å². The minimum Gasteiger partial charge on any atom is -0.493 e. The number of nitrogens with zero attached hydrogens (tertiary/aromatic N) is 3. The Kier molecular flexibility index (Phi) is 8.69. The van der Waals surface area contributed by atoms with Crippen LogP contribution >= 0.6 is 11.6 Å². The number of H-pyrrole nitrogens is 1. The number of aryl methyl sites for hydroxylation is 1. The summed E-state index contributed by atoms with van der Waals surface area (Å²) in [5.41, 5.74) is 0.358. The molecular weight excluding hydrogens is 546 g/mol. The monoisotopic (exact) mass is 577 g/mol. The standard InChI is InChI=1S/C30H32ClN5O5/c1-17-13-25(28(38)35-34-17)41-23-11-9-20(15-24(23)40-5)27(37)33-18(2)29(39)36-22(19-7-6-8-21(31)14-19)10-12-26(36)30(3,4)16-32/h6-9,11,13-15,18,22,26H,10,12H2,1-5H3,(H,33,37)(H,35,38)/t18?,22-,26?/m0/s1. The van der Waals surface area contributed by atoms with Gasteiger partial charge in [-0.1, -0.05) is 23.7 Å². The van der Waals surface area contributed by atoms with Crippen LogP contribution in [-0.2, 0) is 4.79 Å². The molecule has 0 saturated carbocycles. The number of rotatable bonds is 8. The molecule has 10 nitrogen and oxygen atoms in total. The number of ether oxygens (including phenoxy) is 2. The van der Waals surface area contributed by atoms with Crippen molar-refractivity contribution in [3.63, 3.8) is 0 Å². The molecule has 41 heavy (non-hydrogen) atoms. The Labute approximate surface area is 243 Å². The largest absolute Gasteiger partial charge is 0.493 e. The van der Waals surface area contributed by atoms with Crippen LogP contribution in [0.25, 0.3) is 0 Å². The summed E-state index contributed by atoms with van der Waals surface area (Å²) in [7, 11) is 1.42. The molecule has 4 rings (SSSR count). The number of likely N-dealkylation sites (tertiary alicyclic amines) is 1. The first-order chi connectivity index (χ1) is 19.4. The molecule has 11 heteroatoms. The average Bonchev–Trinajstić information content (AvgIpc) is 3.41. The fourth-order valence-electron chi connectivity index (χ4n) is 5.08. The SMILES string of the molecule is COc1cc(C(=O)NC(C)C(=O)N2C(C(C)(C)C#N)CC[C@H]2c2cccc(Cl)c2)ccc1Oc1cc(C)n[nH]c1=O. The van der Waals surface area contributed by atoms with Gasteiger partial charge in [-0.25, -0.2) is 5.10 Å². The van der Waals surface area contributed by atoms with E-state index in [1.807, 2.05) is 32.0 Å². The maximum absolute atomic E-state index is 13.9. The van der Waals surface area contributed by atoms with E-state index in [2.05, 4.69) is 21.6 Å². The molecule has 3 aromatic rings. The minimum absolute atomic E-state index is 0.0296. The summed E-state index contributed by atoms with van der Waals surface area (Å²) in [6.07, 6.45) is 1.31. The normalized spacial score (nSPS) is 17.4. The van der Waals surface area contributed by atoms with Crippen molar-refractivity contribution < 1.29 is 19.1 Å². The molecule has 1 saturated heterocycles. The van der Waals surface area contributed by atoms with Crippen molar-refractivity contribution in [2.45, 2.75) is 58.7 Å². The highest BCUT2D eigenvalue weighted by molar-refractivity contribution is 6.30. The number of nitriles is 1. The van der Waals surface area contributed by atoms with Gasteiger partial charge in [0.1, 0.15) is 6.04 Å². The third kappa shape index (κ3) is 6.36. The van der Waals surface area contributed by atoms with Crippen LogP contribution in [0.2, 0.25) is 5.02 Å². The molecular formula is C30H32ClN5O5. The lowest BCUT2D eigenvalue weighted by Crippen LogP contribution is -2.52. The molecule has 2 heterocycles. The van der Waals surface area contributed by atoms with Crippen LogP contribution in [0, 0.1) is 23.7 Å². The summed E-state index contributed by atoms with van der Waals surface area (Å²) in [6, 6.07) is 14.1. The second-order valence-corrected chi connectivity index (χ2v) is 11.0. The highest BCUT2D eigenvalue weighted by atomic mass is 35.5. The summed E-state index contributed by atoms with van der Waals surface area (Å²) in [5.74, 6) is -0.313. The van der Waals surface area contributed by atoms with Crippen LogP contribution in [-0.4, -0.2) is 46.1 Å². The number of aromatic amines is 1. The Hall–Kier alpha value is -4.36. The molecule has 0 aliphatic carbocycles. The number of hydrogen-bond acceptors (Lipinski definition) is 7. The first-order valence-electron chi connectivity index (χ1n) is 13.2. The number of methoxy groups -OCH3 is 1. The lowest BCUT2D eigenvalue weighted by molar-refractivity contribution is -0.137. The molecule has 1 aliphatic rings. The molecule has 1 aliphatic heterocycles. The van der Waals surface area contributed by atoms with Crippen molar-refractivity contribution in [1.29, 1.82) is 5.26 Å². The Morgan fingerprint density at radius 2 is 1.93 bits per heavy atom. The van der Waals surface area contributed by atoms with E-state index in [4.69, 9.17) is 21.1 Å². The molecule has 3 atom stereocenters. The van der Waals surface area contributed by atoms with Crippen LogP contribution in [0.4, 0.5) is 0 Å². The lowest BCUT2D eigenvalue weighted by Gasteiger charge is -2.38. The van der Waals surface area contributed by atoms with Gasteiger partial charge >= 0.3 is 5.56 Å². The lowest BCUT2D eigenvalue weighted by atomic mass is 9.84. The van der Waals surface area contributed by atoms with Gasteiger partial charge in [-0.05, 0) is 76.4 Å². The van der Waals surface area contributed by atoms with Crippen molar-refractivity contribution in [1.82, 2.24) is 20.4 Å². The summed E-state index contributed by atoms with van der Waals surface area (Å²) in [4.78, 5) is 40.9. The van der Waals surface area contributed by atoms with Crippen molar-refractivity contribution in [2.24, 2.45) is 5.41 Å². The molecule has 2 amide bonds. The van der Waals surface area contributed by atoms with Gasteiger partial charge in [-0.3, -0.25) is 14.4 Å². The van der Waals surface area contributed by atoms with E-state index in [0.29, 0.717) is 23.6 Å². The molecule has 2 N–H and O–H groups in total. The van der Waals surface area contributed by atoms with Crippen molar-refractivity contribution in [2.75, 3.05) is 7.11 Å². The maximum Gasteiger partial charge on any atom is 0.307 e. The third-order valence-corrected chi connectivity index (χ3v) is 7.49. The Morgan fingerprint density at radius 1 is 1.17 bits per heavy atom. The highest BCUT2D eigenvalue weighted by Crippen LogP contribution is 2.43. The zero-order chi connectivity index (χ0) is 29.9. The second-order valence-electron chi connectivity index (χ2n) is 10.6. The Morgan fingerprint density at radius 3 is 2.61 bits per heavy atom. The molecule has 0 radical (unpaired) electrons. The predicted molar refractivity (Wildman–Crippen MR) is 153 cm³/mol. The highest BCUT2D eigenvalue weighted by Gasteiger charge is 2.46. The van der Waals surface area contributed by atoms with Gasteiger partial charge in [0.2, 0.25) is 5.91 Å². The van der Waals surface area contributed by atoms with E-state index in [-0.39, 0.29) is 40.8 Å². The fourth-order valence-corrected chi connectivity index (χ4v) is 5.28. The van der Waals surface area contributed by atoms with E-state index in [1.54, 1.807) is 24.8 Å². The van der Waals surface area contributed by atoms with Crippen molar-refractivity contribution in [3.05, 3.63) is 80.7 Å². The molecule has 2 aromatic carbocycles. The quantitative estimate of drug-likeness (QED) is 0.387. The first kappa shape index (κ1) is 29.6. The number of nitrogens with one attached hydrogen (secondary N) is 2. The first-order valence-corrected chi connectivity index (χ1v) is 13.5. The predicted octanol–water partition coefficient (Wildman–Crippen LogP) is 4.93. The average molecular weight is 578 g/mol. The van der Waals surface area contributed by atoms with E-state index in [0.717, 1.165) is 5.56 Å². The van der Waals surface area contributed by atoms with Crippen molar-refractivity contribution in [3.8, 4) is 23.3 Å². The molecule has 1 aromatic heterocycles. The van der Waals surface area contributed by atoms with Crippen LogP contribution in [0.3, 0.4) is 0 Å². The fraction of sp³-hybridized carbons (Fsp3) is 0.367. The molecule has 1 fully saturated rings. The summed E-state index contributed by atoms with van der Waals surface area (Å²) >= 11 is 6.25. The van der Waals surface area contributed by atoms with Crippen LogP contribution < -0.4 is 20.3 Å². The molecule has 0 spiro atoms. The van der Waals surface area contributed by atoms with Crippen LogP contribution in [0.1, 0.15) is 61.3 Å². The number of aromatic nitrogens is 2. The zero-order valence-electron chi connectivity index (χ0n) is 23.5. The minimum atomic E-state index is -0.889.